The minimum Gasteiger partial charge on any atom is -0.338 e. The average molecular weight is 318 g/mol. The number of likely N-dealkylation sites (N-methyl/N-ethyl adjacent to an activating group) is 1. The minimum absolute atomic E-state index is 0.220. The molecule has 0 aliphatic heterocycles. The van der Waals surface area contributed by atoms with Crippen LogP contribution in [-0.4, -0.2) is 61.2 Å². The Bertz CT molecular complexity index is 272. The molecule has 0 bridgehead atoms. The van der Waals surface area contributed by atoms with Gasteiger partial charge in [-0.05, 0) is 40.0 Å². The van der Waals surface area contributed by atoms with Crippen LogP contribution in [0.25, 0.3) is 0 Å². The quantitative estimate of drug-likeness (QED) is 0.350. The summed E-state index contributed by atoms with van der Waals surface area (Å²) in [4.78, 5) is 14.8. The van der Waals surface area contributed by atoms with E-state index in [0.29, 0.717) is 18.9 Å². The predicted octanol–water partition coefficient (Wildman–Crippen LogP) is 4.02. The van der Waals surface area contributed by atoms with Crippen molar-refractivity contribution >= 4 is 5.91 Å². The summed E-state index contributed by atoms with van der Waals surface area (Å²) in [6.45, 7) is 13.8. The summed E-state index contributed by atoms with van der Waals surface area (Å²) in [5.41, 5.74) is 0. The molecule has 0 aromatic rings. The van der Waals surface area contributed by atoms with E-state index in [9.17, 15) is 9.18 Å². The number of quaternary nitrogens is 1. The summed E-state index contributed by atoms with van der Waals surface area (Å²) < 4.78 is 13.0. The molecule has 0 aliphatic carbocycles. The second-order valence-corrected chi connectivity index (χ2v) is 6.29. The second-order valence-electron chi connectivity index (χ2n) is 6.29. The molecular weight excluding hydrogens is 279 g/mol. The Balaban J connectivity index is 4.48. The zero-order chi connectivity index (χ0) is 16.8. The van der Waals surface area contributed by atoms with E-state index in [1.54, 1.807) is 0 Å². The lowest BCUT2D eigenvalue weighted by atomic mass is 10.2. The number of alkyl halides is 1. The number of hydrogen-bond donors (Lipinski definition) is 0. The van der Waals surface area contributed by atoms with E-state index in [4.69, 9.17) is 0 Å². The second kappa shape index (κ2) is 12.9. The maximum atomic E-state index is 12.7. The number of amides is 1. The lowest BCUT2D eigenvalue weighted by Gasteiger charge is -2.37. The molecule has 0 radical (unpaired) electrons. The molecule has 132 valence electrons. The molecule has 0 aromatic heterocycles. The molecular formula is C18H38FN2O+. The number of rotatable bonds is 14. The van der Waals surface area contributed by atoms with Gasteiger partial charge in [0.05, 0.1) is 26.3 Å². The molecule has 0 N–H and O–H groups in total. The van der Waals surface area contributed by atoms with Gasteiger partial charge in [0.1, 0.15) is 0 Å². The maximum absolute atomic E-state index is 12.7. The van der Waals surface area contributed by atoms with Crippen LogP contribution >= 0.6 is 0 Å². The van der Waals surface area contributed by atoms with Crippen LogP contribution in [0.3, 0.4) is 0 Å². The largest absolute Gasteiger partial charge is 0.338 e. The van der Waals surface area contributed by atoms with Crippen LogP contribution in [0.15, 0.2) is 0 Å². The summed E-state index contributed by atoms with van der Waals surface area (Å²) >= 11 is 0. The van der Waals surface area contributed by atoms with Crippen LogP contribution in [0, 0.1) is 0 Å². The Hall–Kier alpha value is -0.640. The fourth-order valence-corrected chi connectivity index (χ4v) is 2.85. The van der Waals surface area contributed by atoms with Gasteiger partial charge in [-0.3, -0.25) is 9.18 Å². The highest BCUT2D eigenvalue weighted by Crippen LogP contribution is 2.10. The zero-order valence-corrected chi connectivity index (χ0v) is 15.4. The van der Waals surface area contributed by atoms with Gasteiger partial charge in [-0.25, -0.2) is 0 Å². The molecule has 0 atom stereocenters. The van der Waals surface area contributed by atoms with E-state index in [1.807, 2.05) is 4.90 Å². The molecule has 0 spiro atoms. The molecule has 4 heteroatoms. The van der Waals surface area contributed by atoms with Gasteiger partial charge >= 0.3 is 0 Å². The van der Waals surface area contributed by atoms with Crippen molar-refractivity contribution in [2.75, 3.05) is 45.9 Å². The highest BCUT2D eigenvalue weighted by molar-refractivity contribution is 5.77. The fourth-order valence-electron chi connectivity index (χ4n) is 2.85. The van der Waals surface area contributed by atoms with Crippen molar-refractivity contribution in [2.24, 2.45) is 0 Å². The van der Waals surface area contributed by atoms with Gasteiger partial charge in [-0.1, -0.05) is 26.2 Å². The molecule has 0 aromatic carbocycles. The smallest absolute Gasteiger partial charge is 0.277 e. The van der Waals surface area contributed by atoms with Gasteiger partial charge in [-0.2, -0.15) is 0 Å². The van der Waals surface area contributed by atoms with Crippen molar-refractivity contribution in [3.05, 3.63) is 0 Å². The van der Waals surface area contributed by atoms with Crippen LogP contribution in [0.5, 0.6) is 0 Å². The van der Waals surface area contributed by atoms with Crippen molar-refractivity contribution in [1.29, 1.82) is 0 Å². The van der Waals surface area contributed by atoms with E-state index in [-0.39, 0.29) is 6.67 Å². The molecule has 0 unspecified atom stereocenters. The van der Waals surface area contributed by atoms with Crippen molar-refractivity contribution in [2.45, 2.75) is 66.2 Å². The van der Waals surface area contributed by atoms with Crippen LogP contribution < -0.4 is 0 Å². The molecule has 0 fully saturated rings. The summed E-state index contributed by atoms with van der Waals surface area (Å²) in [5, 5.41) is 0. The van der Waals surface area contributed by atoms with E-state index in [1.165, 1.54) is 0 Å². The number of unbranched alkanes of at least 4 members (excludes halogenated alkanes) is 4. The number of halogens is 1. The first-order valence-corrected chi connectivity index (χ1v) is 9.27. The minimum atomic E-state index is -0.220. The first kappa shape index (κ1) is 21.4. The highest BCUT2D eigenvalue weighted by atomic mass is 19.1. The van der Waals surface area contributed by atoms with Crippen molar-refractivity contribution in [1.82, 2.24) is 4.90 Å². The SMILES string of the molecule is CCCCN(CCCCCCF)C(=O)C[N+](CC)(CC)CC. The topological polar surface area (TPSA) is 20.3 Å². The van der Waals surface area contributed by atoms with E-state index < -0.39 is 0 Å². The summed E-state index contributed by atoms with van der Waals surface area (Å²) in [5.74, 6) is 0.296. The molecule has 0 saturated carbocycles. The first-order chi connectivity index (χ1) is 10.6. The highest BCUT2D eigenvalue weighted by Gasteiger charge is 2.27. The number of nitrogens with zero attached hydrogens (tertiary/aromatic N) is 2. The molecule has 3 nitrogen and oxygen atoms in total. The lowest BCUT2D eigenvalue weighted by molar-refractivity contribution is -0.916. The third-order valence-corrected chi connectivity index (χ3v) is 4.93. The lowest BCUT2D eigenvalue weighted by Crippen LogP contribution is -2.54. The molecule has 22 heavy (non-hydrogen) atoms. The number of carbonyl (C=O) groups is 1. The van der Waals surface area contributed by atoms with Crippen molar-refractivity contribution < 1.29 is 13.7 Å². The molecule has 0 saturated heterocycles. The van der Waals surface area contributed by atoms with E-state index in [2.05, 4.69) is 27.7 Å². The van der Waals surface area contributed by atoms with Gasteiger partial charge in [0.2, 0.25) is 0 Å². The van der Waals surface area contributed by atoms with E-state index in [0.717, 1.165) is 69.3 Å². The van der Waals surface area contributed by atoms with Crippen LogP contribution in [0.4, 0.5) is 4.39 Å². The monoisotopic (exact) mass is 317 g/mol. The third kappa shape index (κ3) is 8.11. The summed E-state index contributed by atoms with van der Waals surface area (Å²) in [7, 11) is 0. The standard InChI is InChI=1S/C18H38FN2O/c1-5-9-15-20(16-13-11-10-12-14-19)18(22)17-21(6-2,7-3)8-4/h5-17H2,1-4H3/q+1. The predicted molar refractivity (Wildman–Crippen MR) is 92.7 cm³/mol. The Morgan fingerprint density at radius 1 is 0.864 bits per heavy atom. The Morgan fingerprint density at radius 3 is 1.91 bits per heavy atom. The van der Waals surface area contributed by atoms with Gasteiger partial charge in [0.25, 0.3) is 5.91 Å². The number of hydrogen-bond acceptors (Lipinski definition) is 1. The van der Waals surface area contributed by atoms with E-state index >= 15 is 0 Å². The van der Waals surface area contributed by atoms with Gasteiger partial charge in [-0.15, -0.1) is 0 Å². The van der Waals surface area contributed by atoms with Crippen LogP contribution in [-0.2, 0) is 4.79 Å². The number of carbonyl (C=O) groups excluding carboxylic acids is 1. The fraction of sp³-hybridized carbons (Fsp3) is 0.944. The summed E-state index contributed by atoms with van der Waals surface area (Å²) in [6, 6.07) is 0. The Kier molecular flexibility index (Phi) is 12.5. The Labute approximate surface area is 137 Å². The third-order valence-electron chi connectivity index (χ3n) is 4.93. The first-order valence-electron chi connectivity index (χ1n) is 9.27. The maximum Gasteiger partial charge on any atom is 0.277 e. The molecule has 1 amide bonds. The molecule has 0 heterocycles. The molecule has 0 aliphatic rings. The van der Waals surface area contributed by atoms with Gasteiger partial charge in [0, 0.05) is 13.1 Å². The molecule has 0 rings (SSSR count). The van der Waals surface area contributed by atoms with Crippen molar-refractivity contribution in [3.8, 4) is 0 Å². The zero-order valence-electron chi connectivity index (χ0n) is 15.4. The normalized spacial score (nSPS) is 11.7. The average Bonchev–Trinajstić information content (AvgIpc) is 2.55. The Morgan fingerprint density at radius 2 is 1.41 bits per heavy atom. The van der Waals surface area contributed by atoms with Gasteiger partial charge in [0.15, 0.2) is 6.54 Å². The van der Waals surface area contributed by atoms with Gasteiger partial charge < -0.3 is 9.38 Å². The van der Waals surface area contributed by atoms with Crippen molar-refractivity contribution in [3.63, 3.8) is 0 Å². The summed E-state index contributed by atoms with van der Waals surface area (Å²) in [6.07, 6.45) is 5.80. The van der Waals surface area contributed by atoms with Crippen LogP contribution in [0.1, 0.15) is 66.2 Å². The van der Waals surface area contributed by atoms with Crippen LogP contribution in [0.2, 0.25) is 0 Å².